The molecule has 0 fully saturated rings. The average Bonchev–Trinajstić information content (AvgIpc) is 2.64. The predicted octanol–water partition coefficient (Wildman–Crippen LogP) is 2.51. The third-order valence-corrected chi connectivity index (χ3v) is 3.73. The smallest absolute Gasteiger partial charge is 0.321 e. The van der Waals surface area contributed by atoms with Crippen LogP contribution in [0.15, 0.2) is 15.9 Å². The molecule has 0 radical (unpaired) electrons. The zero-order valence-corrected chi connectivity index (χ0v) is 12.1. The van der Waals surface area contributed by atoms with Crippen LogP contribution in [0.4, 0.5) is 4.79 Å². The van der Waals surface area contributed by atoms with Crippen molar-refractivity contribution in [3.8, 4) is 0 Å². The van der Waals surface area contributed by atoms with Crippen molar-refractivity contribution in [2.75, 3.05) is 12.4 Å². The molecule has 0 aliphatic rings. The molecule has 0 saturated heterocycles. The number of amides is 3. The summed E-state index contributed by atoms with van der Waals surface area (Å²) in [5.41, 5.74) is 0. The molecule has 7 heteroatoms. The van der Waals surface area contributed by atoms with E-state index in [9.17, 15) is 9.59 Å². The minimum absolute atomic E-state index is 0.146. The van der Waals surface area contributed by atoms with Crippen molar-refractivity contribution < 1.29 is 9.59 Å². The highest BCUT2D eigenvalue weighted by Gasteiger charge is 2.06. The first kappa shape index (κ1) is 14.5. The highest BCUT2D eigenvalue weighted by Crippen LogP contribution is 2.21. The van der Waals surface area contributed by atoms with Crippen molar-refractivity contribution in [1.82, 2.24) is 10.6 Å². The number of alkyl halides is 1. The molecule has 3 amide bonds. The minimum atomic E-state index is -0.476. The number of carbonyl (C=O) groups excluding carboxylic acids is 2. The summed E-state index contributed by atoms with van der Waals surface area (Å²) in [7, 11) is 0. The lowest BCUT2D eigenvalue weighted by molar-refractivity contribution is -0.119. The first-order chi connectivity index (χ1) is 8.11. The van der Waals surface area contributed by atoms with Crippen LogP contribution in [-0.4, -0.2) is 24.4 Å². The van der Waals surface area contributed by atoms with Gasteiger partial charge in [-0.3, -0.25) is 10.1 Å². The minimum Gasteiger partial charge on any atom is -0.337 e. The van der Waals surface area contributed by atoms with E-state index in [0.717, 1.165) is 10.2 Å². The average molecular weight is 340 g/mol. The van der Waals surface area contributed by atoms with Gasteiger partial charge in [-0.25, -0.2) is 4.79 Å². The molecule has 17 heavy (non-hydrogen) atoms. The number of hydrogen-bond donors (Lipinski definition) is 2. The van der Waals surface area contributed by atoms with Gasteiger partial charge in [-0.1, -0.05) is 0 Å². The molecule has 1 rings (SSSR count). The molecular weight excluding hydrogens is 328 g/mol. The van der Waals surface area contributed by atoms with E-state index in [-0.39, 0.29) is 18.2 Å². The van der Waals surface area contributed by atoms with E-state index in [1.165, 1.54) is 4.88 Å². The molecule has 0 bridgehead atoms. The van der Waals surface area contributed by atoms with Crippen LogP contribution in [0.25, 0.3) is 0 Å². The zero-order chi connectivity index (χ0) is 12.7. The van der Waals surface area contributed by atoms with Crippen LogP contribution >= 0.6 is 38.9 Å². The number of nitrogens with one attached hydrogen (secondary N) is 2. The Hall–Kier alpha value is -0.590. The molecule has 2 N–H and O–H groups in total. The molecule has 4 nitrogen and oxygen atoms in total. The third kappa shape index (κ3) is 6.05. The lowest BCUT2D eigenvalue weighted by atomic mass is 10.3. The number of rotatable bonds is 5. The third-order valence-electron chi connectivity index (χ3n) is 1.86. The topological polar surface area (TPSA) is 58.2 Å². The Balaban J connectivity index is 2.18. The normalized spacial score (nSPS) is 10.0. The van der Waals surface area contributed by atoms with Crippen molar-refractivity contribution in [3.05, 3.63) is 20.8 Å². The summed E-state index contributed by atoms with van der Waals surface area (Å²) in [6.07, 6.45) is 0.889. The fraction of sp³-hybridized carbons (Fsp3) is 0.400. The largest absolute Gasteiger partial charge is 0.337 e. The highest BCUT2D eigenvalue weighted by atomic mass is 79.9. The van der Waals surface area contributed by atoms with E-state index in [0.29, 0.717) is 6.54 Å². The van der Waals surface area contributed by atoms with E-state index in [4.69, 9.17) is 11.6 Å². The monoisotopic (exact) mass is 338 g/mol. The van der Waals surface area contributed by atoms with Crippen molar-refractivity contribution >= 4 is 50.8 Å². The Morgan fingerprint density at radius 1 is 1.41 bits per heavy atom. The summed E-state index contributed by atoms with van der Waals surface area (Å²) in [4.78, 5) is 23.4. The van der Waals surface area contributed by atoms with Gasteiger partial charge >= 0.3 is 6.03 Å². The van der Waals surface area contributed by atoms with Crippen LogP contribution in [-0.2, 0) is 11.2 Å². The number of halogens is 2. The highest BCUT2D eigenvalue weighted by molar-refractivity contribution is 9.11. The predicted molar refractivity (Wildman–Crippen MR) is 72.6 cm³/mol. The molecule has 0 aliphatic carbocycles. The molecular formula is C10H12BrClN2O2S. The molecule has 1 aromatic rings. The fourth-order valence-electron chi connectivity index (χ4n) is 1.10. The van der Waals surface area contributed by atoms with Crippen LogP contribution < -0.4 is 10.6 Å². The van der Waals surface area contributed by atoms with Crippen LogP contribution in [0.1, 0.15) is 11.3 Å². The van der Waals surface area contributed by atoms with Gasteiger partial charge in [0.2, 0.25) is 5.91 Å². The molecule has 0 atom stereocenters. The lowest BCUT2D eigenvalue weighted by Gasteiger charge is -2.04. The van der Waals surface area contributed by atoms with Gasteiger partial charge in [0.05, 0.1) is 3.79 Å². The second-order valence-corrected chi connectivity index (χ2v) is 6.12. The first-order valence-corrected chi connectivity index (χ1v) is 7.14. The zero-order valence-electron chi connectivity index (χ0n) is 8.96. The van der Waals surface area contributed by atoms with E-state index < -0.39 is 6.03 Å². The Kier molecular flexibility index (Phi) is 6.54. The quantitative estimate of drug-likeness (QED) is 0.810. The fourth-order valence-corrected chi connectivity index (χ4v) is 2.76. The number of thiophene rings is 1. The van der Waals surface area contributed by atoms with Gasteiger partial charge in [0, 0.05) is 23.7 Å². The maximum Gasteiger partial charge on any atom is 0.321 e. The SMILES string of the molecule is O=C(CCCl)NC(=O)NCCc1ccc(Br)s1. The maximum atomic E-state index is 11.2. The van der Waals surface area contributed by atoms with Gasteiger partial charge in [-0.15, -0.1) is 22.9 Å². The molecule has 0 aliphatic heterocycles. The summed E-state index contributed by atoms with van der Waals surface area (Å²) < 4.78 is 1.06. The van der Waals surface area contributed by atoms with E-state index in [1.54, 1.807) is 11.3 Å². The van der Waals surface area contributed by atoms with Crippen molar-refractivity contribution in [3.63, 3.8) is 0 Å². The van der Waals surface area contributed by atoms with Crippen molar-refractivity contribution in [2.24, 2.45) is 0 Å². The van der Waals surface area contributed by atoms with Gasteiger partial charge < -0.3 is 5.32 Å². The van der Waals surface area contributed by atoms with E-state index >= 15 is 0 Å². The second kappa shape index (κ2) is 7.68. The molecule has 0 aromatic carbocycles. The summed E-state index contributed by atoms with van der Waals surface area (Å²) in [6, 6.07) is 3.48. The summed E-state index contributed by atoms with van der Waals surface area (Å²) in [5.74, 6) is -0.154. The molecule has 0 spiro atoms. The van der Waals surface area contributed by atoms with Crippen LogP contribution in [0.5, 0.6) is 0 Å². The second-order valence-electron chi connectivity index (χ2n) is 3.20. The van der Waals surface area contributed by atoms with Crippen LogP contribution in [0.3, 0.4) is 0 Å². The Bertz CT molecular complexity index is 397. The number of urea groups is 1. The van der Waals surface area contributed by atoms with Crippen LogP contribution in [0.2, 0.25) is 0 Å². The summed E-state index contributed by atoms with van der Waals surface area (Å²) in [5, 5.41) is 4.80. The molecule has 94 valence electrons. The van der Waals surface area contributed by atoms with E-state index in [2.05, 4.69) is 26.6 Å². The standard InChI is InChI=1S/C10H12BrClN2O2S/c11-8-2-1-7(17-8)4-6-13-10(16)14-9(15)3-5-12/h1-2H,3-6H2,(H2,13,14,15,16). The summed E-state index contributed by atoms with van der Waals surface area (Å²) in [6.45, 7) is 0.493. The van der Waals surface area contributed by atoms with Gasteiger partial charge in [0.15, 0.2) is 0 Å². The molecule has 0 unspecified atom stereocenters. The van der Waals surface area contributed by atoms with Crippen LogP contribution in [0, 0.1) is 0 Å². The Morgan fingerprint density at radius 3 is 2.76 bits per heavy atom. The lowest BCUT2D eigenvalue weighted by Crippen LogP contribution is -2.40. The number of carbonyl (C=O) groups is 2. The Morgan fingerprint density at radius 2 is 2.18 bits per heavy atom. The molecule has 1 aromatic heterocycles. The number of imide groups is 1. The van der Waals surface area contributed by atoms with E-state index in [1.807, 2.05) is 12.1 Å². The van der Waals surface area contributed by atoms with Gasteiger partial charge in [0.1, 0.15) is 0 Å². The molecule has 0 saturated carbocycles. The van der Waals surface area contributed by atoms with Gasteiger partial charge in [-0.2, -0.15) is 0 Å². The van der Waals surface area contributed by atoms with Crippen molar-refractivity contribution in [2.45, 2.75) is 12.8 Å². The maximum absolute atomic E-state index is 11.2. The van der Waals surface area contributed by atoms with Gasteiger partial charge in [-0.05, 0) is 34.5 Å². The van der Waals surface area contributed by atoms with Gasteiger partial charge in [0.25, 0.3) is 0 Å². The van der Waals surface area contributed by atoms with Crippen molar-refractivity contribution in [1.29, 1.82) is 0 Å². The molecule has 1 heterocycles. The Labute approximate surface area is 117 Å². The first-order valence-electron chi connectivity index (χ1n) is 4.99. The number of hydrogen-bond acceptors (Lipinski definition) is 3. The summed E-state index contributed by atoms with van der Waals surface area (Å²) >= 11 is 10.4.